The molecule has 4 heteroatoms. The molecule has 3 nitrogen and oxygen atoms in total. The smallest absolute Gasteiger partial charge is 0.311 e. The predicted octanol–water partition coefficient (Wildman–Crippen LogP) is 7.68. The fourth-order valence-corrected chi connectivity index (χ4v) is 6.99. The Kier molecular flexibility index (Phi) is 9.68. The third kappa shape index (κ3) is 6.50. The summed E-state index contributed by atoms with van der Waals surface area (Å²) in [6.07, 6.45) is 7.48. The Labute approximate surface area is 205 Å². The minimum absolute atomic E-state index is 0.0421. The summed E-state index contributed by atoms with van der Waals surface area (Å²) in [7, 11) is 0. The van der Waals surface area contributed by atoms with Gasteiger partial charge in [-0.1, -0.05) is 55.8 Å². The number of aliphatic hydroxyl groups is 1. The van der Waals surface area contributed by atoms with Gasteiger partial charge < -0.3 is 9.84 Å². The molecule has 32 heavy (non-hydrogen) atoms. The number of esters is 1. The molecular weight excluding hydrogens is 464 g/mol. The molecule has 0 bridgehead atoms. The van der Waals surface area contributed by atoms with Crippen molar-refractivity contribution in [3.8, 4) is 0 Å². The summed E-state index contributed by atoms with van der Waals surface area (Å²) < 4.78 is 5.54. The molecule has 2 rings (SSSR count). The first-order valence-corrected chi connectivity index (χ1v) is 13.5. The molecule has 0 amide bonds. The molecule has 0 aliphatic heterocycles. The van der Waals surface area contributed by atoms with Gasteiger partial charge in [0.05, 0.1) is 11.5 Å². The van der Waals surface area contributed by atoms with Gasteiger partial charge in [-0.15, -0.1) is 0 Å². The number of hydrogen-bond donors (Lipinski definition) is 1. The maximum absolute atomic E-state index is 12.2. The minimum atomic E-state index is -0.530. The van der Waals surface area contributed by atoms with Gasteiger partial charge in [0.15, 0.2) is 0 Å². The highest BCUT2D eigenvalue weighted by Crippen LogP contribution is 2.60. The summed E-state index contributed by atoms with van der Waals surface area (Å²) in [5.41, 5.74) is 2.23. The highest BCUT2D eigenvalue weighted by molar-refractivity contribution is 9.11. The van der Waals surface area contributed by atoms with Gasteiger partial charge in [-0.25, -0.2) is 0 Å². The Balaban J connectivity index is 2.06. The van der Waals surface area contributed by atoms with E-state index in [0.29, 0.717) is 29.1 Å². The van der Waals surface area contributed by atoms with Crippen molar-refractivity contribution >= 4 is 21.9 Å². The number of fused-ring (bicyclic) bond motifs is 1. The van der Waals surface area contributed by atoms with Crippen molar-refractivity contribution in [2.45, 2.75) is 99.5 Å². The molecule has 0 aromatic rings. The molecule has 2 fully saturated rings. The second-order valence-electron chi connectivity index (χ2n) is 12.3. The third-order valence-corrected chi connectivity index (χ3v) is 8.78. The van der Waals surface area contributed by atoms with Crippen molar-refractivity contribution in [3.05, 3.63) is 22.7 Å². The number of hydrogen-bond acceptors (Lipinski definition) is 3. The van der Waals surface area contributed by atoms with Crippen LogP contribution in [0.3, 0.4) is 0 Å². The zero-order valence-corrected chi connectivity index (χ0v) is 23.1. The van der Waals surface area contributed by atoms with E-state index < -0.39 is 11.5 Å². The maximum atomic E-state index is 12.2. The van der Waals surface area contributed by atoms with E-state index in [9.17, 15) is 9.90 Å². The van der Waals surface area contributed by atoms with Crippen LogP contribution in [-0.4, -0.2) is 23.8 Å². The Morgan fingerprint density at radius 2 is 1.94 bits per heavy atom. The summed E-state index contributed by atoms with van der Waals surface area (Å²) >= 11 is 3.62. The summed E-state index contributed by atoms with van der Waals surface area (Å²) in [6.45, 7) is 19.2. The number of aliphatic hydroxyl groups excluding tert-OH is 1. The Hall–Kier alpha value is -0.610. The zero-order chi connectivity index (χ0) is 24.3. The number of halogens is 1. The van der Waals surface area contributed by atoms with E-state index >= 15 is 0 Å². The van der Waals surface area contributed by atoms with Crippen LogP contribution in [0, 0.1) is 40.4 Å². The SMILES string of the molecule is C=C(COC(=O)C(C)(C)C)[C@H](CC(C)C)[C@H](O)C[C@@H](C)[C@H]1CC[C@H]2/C(=C/Br)CCC[C@]12C. The molecule has 0 unspecified atom stereocenters. The largest absolute Gasteiger partial charge is 0.461 e. The van der Waals surface area contributed by atoms with E-state index in [1.165, 1.54) is 32.1 Å². The first-order valence-electron chi connectivity index (χ1n) is 12.6. The summed E-state index contributed by atoms with van der Waals surface area (Å²) in [6, 6.07) is 0. The van der Waals surface area contributed by atoms with Crippen molar-refractivity contribution in [2.24, 2.45) is 40.4 Å². The molecule has 2 aliphatic rings. The van der Waals surface area contributed by atoms with Crippen LogP contribution < -0.4 is 0 Å². The molecule has 2 saturated carbocycles. The topological polar surface area (TPSA) is 46.5 Å². The number of ether oxygens (including phenoxy) is 1. The predicted molar refractivity (Wildman–Crippen MR) is 137 cm³/mol. The quantitative estimate of drug-likeness (QED) is 0.255. The van der Waals surface area contributed by atoms with Crippen LogP contribution >= 0.6 is 15.9 Å². The van der Waals surface area contributed by atoms with Gasteiger partial charge in [0.1, 0.15) is 6.61 Å². The standard InChI is InChI=1S/C28H47BrO3/c1-18(2)14-22(20(4)17-32-26(31)27(5,6)7)25(30)15-19(3)23-11-12-24-21(16-29)10-9-13-28(23,24)8/h16,18-19,22-25,30H,4,9-15,17H2,1-3,5-8H3/b21-16+/t19-,22+,23-,24+,25-,28-/m1/s1. The van der Waals surface area contributed by atoms with Crippen molar-refractivity contribution < 1.29 is 14.6 Å². The lowest BCUT2D eigenvalue weighted by molar-refractivity contribution is -0.152. The second-order valence-corrected chi connectivity index (χ2v) is 12.7. The van der Waals surface area contributed by atoms with Gasteiger partial charge in [-0.3, -0.25) is 4.79 Å². The molecule has 0 radical (unpaired) electrons. The number of rotatable bonds is 9. The van der Waals surface area contributed by atoms with Crippen LogP contribution in [0.4, 0.5) is 0 Å². The molecule has 184 valence electrons. The van der Waals surface area contributed by atoms with Gasteiger partial charge in [0.2, 0.25) is 0 Å². The van der Waals surface area contributed by atoms with Gasteiger partial charge in [0, 0.05) is 5.92 Å². The van der Waals surface area contributed by atoms with E-state index in [4.69, 9.17) is 4.74 Å². The molecule has 0 aromatic heterocycles. The fourth-order valence-electron chi connectivity index (χ4n) is 6.44. The molecule has 0 heterocycles. The van der Waals surface area contributed by atoms with Crippen LogP contribution in [0.1, 0.15) is 93.4 Å². The zero-order valence-electron chi connectivity index (χ0n) is 21.5. The van der Waals surface area contributed by atoms with Crippen molar-refractivity contribution in [2.75, 3.05) is 6.61 Å². The third-order valence-electron chi connectivity index (χ3n) is 8.19. The molecule has 0 saturated heterocycles. The van der Waals surface area contributed by atoms with Crippen LogP contribution in [0.5, 0.6) is 0 Å². The van der Waals surface area contributed by atoms with Crippen LogP contribution in [-0.2, 0) is 9.53 Å². The van der Waals surface area contributed by atoms with E-state index in [2.05, 4.69) is 55.2 Å². The maximum Gasteiger partial charge on any atom is 0.311 e. The van der Waals surface area contributed by atoms with Crippen molar-refractivity contribution in [1.82, 2.24) is 0 Å². The lowest BCUT2D eigenvalue weighted by Crippen LogP contribution is -2.37. The van der Waals surface area contributed by atoms with Crippen molar-refractivity contribution in [1.29, 1.82) is 0 Å². The lowest BCUT2D eigenvalue weighted by atomic mass is 9.61. The van der Waals surface area contributed by atoms with E-state index in [1.54, 1.807) is 5.57 Å². The average molecular weight is 512 g/mol. The highest BCUT2D eigenvalue weighted by atomic mass is 79.9. The fraction of sp³-hybridized carbons (Fsp3) is 0.821. The number of allylic oxidation sites excluding steroid dienone is 1. The lowest BCUT2D eigenvalue weighted by Gasteiger charge is -2.45. The summed E-state index contributed by atoms with van der Waals surface area (Å²) in [5.74, 6) is 1.95. The molecule has 0 aromatic carbocycles. The molecule has 2 aliphatic carbocycles. The van der Waals surface area contributed by atoms with Crippen LogP contribution in [0.15, 0.2) is 22.7 Å². The molecule has 1 N–H and O–H groups in total. The summed E-state index contributed by atoms with van der Waals surface area (Å²) in [4.78, 5) is 14.4. The van der Waals surface area contributed by atoms with Crippen LogP contribution in [0.2, 0.25) is 0 Å². The van der Waals surface area contributed by atoms with Gasteiger partial charge >= 0.3 is 5.97 Å². The number of carbonyl (C=O) groups is 1. The Morgan fingerprint density at radius 1 is 1.28 bits per heavy atom. The van der Waals surface area contributed by atoms with E-state index in [-0.39, 0.29) is 18.5 Å². The second kappa shape index (κ2) is 11.2. The summed E-state index contributed by atoms with van der Waals surface area (Å²) in [5, 5.41) is 11.3. The highest BCUT2D eigenvalue weighted by Gasteiger charge is 2.51. The molecular formula is C28H47BrO3. The average Bonchev–Trinajstić information content (AvgIpc) is 3.05. The number of carbonyl (C=O) groups excluding carboxylic acids is 1. The first-order chi connectivity index (χ1) is 14.8. The minimum Gasteiger partial charge on any atom is -0.461 e. The monoisotopic (exact) mass is 510 g/mol. The van der Waals surface area contributed by atoms with E-state index in [1.807, 2.05) is 20.8 Å². The first kappa shape index (κ1) is 27.6. The van der Waals surface area contributed by atoms with Gasteiger partial charge in [-0.2, -0.15) is 0 Å². The molecule has 0 spiro atoms. The Morgan fingerprint density at radius 3 is 2.50 bits per heavy atom. The van der Waals surface area contributed by atoms with Crippen molar-refractivity contribution in [3.63, 3.8) is 0 Å². The van der Waals surface area contributed by atoms with E-state index in [0.717, 1.165) is 18.4 Å². The molecule has 6 atom stereocenters. The normalized spacial score (nSPS) is 30.1. The van der Waals surface area contributed by atoms with Crippen LogP contribution in [0.25, 0.3) is 0 Å². The van der Waals surface area contributed by atoms with Gasteiger partial charge in [0.25, 0.3) is 0 Å². The Bertz CT molecular complexity index is 689. The van der Waals surface area contributed by atoms with Gasteiger partial charge in [-0.05, 0) is 105 Å².